The molecule has 4 aromatic rings. The smallest absolute Gasteiger partial charge is 0.238 e. The van der Waals surface area contributed by atoms with Gasteiger partial charge < -0.3 is 19.7 Å². The van der Waals surface area contributed by atoms with Crippen LogP contribution in [0.2, 0.25) is 0 Å². The molecular weight excluding hydrogens is 524 g/mol. The molecule has 1 aromatic heterocycles. The zero-order valence-electron chi connectivity index (χ0n) is 21.1. The van der Waals surface area contributed by atoms with Gasteiger partial charge in [0.2, 0.25) is 12.7 Å². The second-order valence-corrected chi connectivity index (χ2v) is 11.3. The Hall–Kier alpha value is -4.69. The fraction of sp³-hybridized carbons (Fsp3) is 0.156. The largest absolute Gasteiger partial charge is 0.454 e. The average molecular weight is 547 g/mol. The molecule has 1 fully saturated rings. The van der Waals surface area contributed by atoms with Crippen molar-refractivity contribution in [1.29, 1.82) is 0 Å². The maximum Gasteiger partial charge on any atom is 0.238 e. The van der Waals surface area contributed by atoms with Gasteiger partial charge in [-0.15, -0.1) is 11.3 Å². The summed E-state index contributed by atoms with van der Waals surface area (Å²) in [5.41, 5.74) is 2.16. The second kappa shape index (κ2) is 8.40. The number of anilines is 2. The van der Waals surface area contributed by atoms with Gasteiger partial charge in [-0.2, -0.15) is 0 Å². The molecule has 0 saturated carbocycles. The molecule has 0 bridgehead atoms. The van der Waals surface area contributed by atoms with E-state index in [9.17, 15) is 14.4 Å². The first-order valence-corrected chi connectivity index (χ1v) is 13.9. The van der Waals surface area contributed by atoms with E-state index in [1.807, 2.05) is 77.0 Å². The third-order valence-corrected chi connectivity index (χ3v) is 9.40. The highest BCUT2D eigenvalue weighted by Gasteiger charge is 2.70. The Morgan fingerprint density at radius 3 is 2.62 bits per heavy atom. The number of amides is 1. The number of Topliss-reactive ketones (excluding diaryl/α,β-unsaturated/α-hetero) is 2. The molecule has 5 heterocycles. The van der Waals surface area contributed by atoms with Crippen molar-refractivity contribution in [3.05, 3.63) is 112 Å². The molecular formula is C32H22N2O5S. The second-order valence-electron chi connectivity index (χ2n) is 10.3. The number of nitrogens with one attached hydrogen (secondary N) is 1. The van der Waals surface area contributed by atoms with Gasteiger partial charge in [0, 0.05) is 16.9 Å². The van der Waals surface area contributed by atoms with Crippen molar-refractivity contribution in [2.45, 2.75) is 17.5 Å². The Balaban J connectivity index is 1.41. The van der Waals surface area contributed by atoms with Crippen molar-refractivity contribution >= 4 is 46.3 Å². The van der Waals surface area contributed by atoms with Crippen LogP contribution in [0, 0.1) is 5.92 Å². The lowest BCUT2D eigenvalue weighted by atomic mass is 9.64. The number of nitrogens with zero attached hydrogens (tertiary/aromatic N) is 1. The van der Waals surface area contributed by atoms with Crippen LogP contribution in [0.3, 0.4) is 0 Å². The molecule has 1 N–H and O–H groups in total. The lowest BCUT2D eigenvalue weighted by Crippen LogP contribution is -2.51. The van der Waals surface area contributed by atoms with E-state index in [-0.39, 0.29) is 24.3 Å². The molecule has 0 aliphatic carbocycles. The first-order valence-electron chi connectivity index (χ1n) is 13.1. The first kappa shape index (κ1) is 23.2. The number of carbonyl (C=O) groups is 3. The summed E-state index contributed by atoms with van der Waals surface area (Å²) in [5, 5.41) is 4.91. The Bertz CT molecular complexity index is 1760. The van der Waals surface area contributed by atoms with Crippen LogP contribution in [-0.2, 0) is 10.2 Å². The van der Waals surface area contributed by atoms with Gasteiger partial charge >= 0.3 is 0 Å². The molecule has 4 aliphatic rings. The van der Waals surface area contributed by atoms with Crippen LogP contribution in [0.4, 0.5) is 11.4 Å². The lowest BCUT2D eigenvalue weighted by Gasteiger charge is -2.37. The van der Waals surface area contributed by atoms with Gasteiger partial charge in [-0.25, -0.2) is 0 Å². The van der Waals surface area contributed by atoms with Crippen molar-refractivity contribution in [3.63, 3.8) is 0 Å². The van der Waals surface area contributed by atoms with Crippen LogP contribution in [0.1, 0.15) is 31.2 Å². The summed E-state index contributed by atoms with van der Waals surface area (Å²) in [6.07, 6.45) is 3.97. The van der Waals surface area contributed by atoms with Crippen molar-refractivity contribution in [2.75, 3.05) is 17.0 Å². The Labute approximate surface area is 233 Å². The molecule has 1 spiro atoms. The fourth-order valence-electron chi connectivity index (χ4n) is 6.91. The van der Waals surface area contributed by atoms with E-state index < -0.39 is 23.4 Å². The Kier molecular flexibility index (Phi) is 4.88. The maximum absolute atomic E-state index is 14.8. The third-order valence-electron chi connectivity index (χ3n) is 8.51. The number of benzene rings is 3. The number of hydrogen-bond donors (Lipinski definition) is 1. The van der Waals surface area contributed by atoms with Gasteiger partial charge in [0.1, 0.15) is 11.5 Å². The quantitative estimate of drug-likeness (QED) is 0.348. The average Bonchev–Trinajstić information content (AvgIpc) is 3.78. The maximum atomic E-state index is 14.8. The van der Waals surface area contributed by atoms with E-state index in [2.05, 4.69) is 5.32 Å². The van der Waals surface area contributed by atoms with Crippen LogP contribution in [0.15, 0.2) is 90.3 Å². The van der Waals surface area contributed by atoms with E-state index >= 15 is 0 Å². The van der Waals surface area contributed by atoms with Crippen LogP contribution < -0.4 is 19.7 Å². The van der Waals surface area contributed by atoms with Crippen LogP contribution in [-0.4, -0.2) is 36.4 Å². The lowest BCUT2D eigenvalue weighted by molar-refractivity contribution is -0.121. The summed E-state index contributed by atoms with van der Waals surface area (Å²) in [6, 6.07) is 22.5. The summed E-state index contributed by atoms with van der Waals surface area (Å²) in [6.45, 7) is 0.0764. The molecule has 196 valence electrons. The van der Waals surface area contributed by atoms with E-state index in [1.54, 1.807) is 24.3 Å². The molecule has 40 heavy (non-hydrogen) atoms. The van der Waals surface area contributed by atoms with Gasteiger partial charge in [0.15, 0.2) is 23.1 Å². The number of carbonyl (C=O) groups excluding carboxylic acids is 3. The van der Waals surface area contributed by atoms with E-state index in [4.69, 9.17) is 9.47 Å². The Morgan fingerprint density at radius 1 is 0.925 bits per heavy atom. The van der Waals surface area contributed by atoms with Crippen LogP contribution >= 0.6 is 11.3 Å². The highest BCUT2D eigenvalue weighted by atomic mass is 32.1. The number of thiophene rings is 1. The van der Waals surface area contributed by atoms with Crippen molar-refractivity contribution in [1.82, 2.24) is 0 Å². The minimum atomic E-state index is -1.34. The summed E-state index contributed by atoms with van der Waals surface area (Å²) in [4.78, 5) is 46.2. The number of ether oxygens (including phenoxy) is 2. The summed E-state index contributed by atoms with van der Waals surface area (Å²) >= 11 is 1.34. The number of para-hydroxylation sites is 2. The molecule has 1 saturated heterocycles. The van der Waals surface area contributed by atoms with Crippen LogP contribution in [0.5, 0.6) is 11.5 Å². The van der Waals surface area contributed by atoms with Gasteiger partial charge in [0.25, 0.3) is 0 Å². The fourth-order valence-corrected chi connectivity index (χ4v) is 7.61. The third kappa shape index (κ3) is 2.96. The van der Waals surface area contributed by atoms with Gasteiger partial charge in [-0.05, 0) is 52.9 Å². The topological polar surface area (TPSA) is 84.9 Å². The molecule has 8 heteroatoms. The van der Waals surface area contributed by atoms with Crippen LogP contribution in [0.25, 0.3) is 6.08 Å². The first-order chi connectivity index (χ1) is 19.6. The van der Waals surface area contributed by atoms with E-state index in [0.717, 1.165) is 16.8 Å². The number of hydrogen-bond acceptors (Lipinski definition) is 7. The minimum Gasteiger partial charge on any atom is -0.454 e. The molecule has 0 radical (unpaired) electrons. The van der Waals surface area contributed by atoms with Crippen molar-refractivity contribution in [2.24, 2.45) is 5.92 Å². The van der Waals surface area contributed by atoms with Gasteiger partial charge in [-0.3, -0.25) is 14.4 Å². The monoisotopic (exact) mass is 546 g/mol. The molecule has 4 atom stereocenters. The number of rotatable bonds is 4. The molecule has 8 rings (SSSR count). The standard InChI is InChI=1S/C32H22N2O5S/c35-29(19-11-13-23-24(16-19)39-17-38-23)27-28(30(36)25-10-5-15-40-25)34-22-9-4-1-6-18(22)12-14-26(34)32(27)20-7-2-3-8-21(20)33-31(32)37/h1-16,26-28H,17H2,(H,33,37)/t26-,27-,28+,32+/m1/s1. The Morgan fingerprint density at radius 2 is 1.75 bits per heavy atom. The molecule has 7 nitrogen and oxygen atoms in total. The zero-order valence-corrected chi connectivity index (χ0v) is 21.9. The summed E-state index contributed by atoms with van der Waals surface area (Å²) < 4.78 is 11.1. The zero-order chi connectivity index (χ0) is 27.0. The van der Waals surface area contributed by atoms with E-state index in [0.29, 0.717) is 27.6 Å². The summed E-state index contributed by atoms with van der Waals surface area (Å²) in [5.74, 6) is -0.751. The number of ketones is 2. The predicted octanol–water partition coefficient (Wildman–Crippen LogP) is 5.33. The van der Waals surface area contributed by atoms with Crippen molar-refractivity contribution < 1.29 is 23.9 Å². The SMILES string of the molecule is O=C(c1cccs1)[C@@H]1[C@H](C(=O)c2ccc3c(c2)OCO3)[C@@]2(C(=O)Nc3ccccc32)[C@H]2C=Cc3ccccc3N12. The highest BCUT2D eigenvalue weighted by molar-refractivity contribution is 7.12. The van der Waals surface area contributed by atoms with Gasteiger partial charge in [0.05, 0.1) is 16.8 Å². The highest BCUT2D eigenvalue weighted by Crippen LogP contribution is 2.58. The number of fused-ring (bicyclic) bond motifs is 7. The molecule has 4 aliphatic heterocycles. The molecule has 0 unspecified atom stereocenters. The van der Waals surface area contributed by atoms with Crippen molar-refractivity contribution in [3.8, 4) is 11.5 Å². The molecule has 1 amide bonds. The van der Waals surface area contributed by atoms with Gasteiger partial charge in [-0.1, -0.05) is 54.6 Å². The minimum absolute atomic E-state index is 0.0764. The van der Waals surface area contributed by atoms with E-state index in [1.165, 1.54) is 11.3 Å². The molecule has 3 aromatic carbocycles. The predicted molar refractivity (Wildman–Crippen MR) is 151 cm³/mol. The summed E-state index contributed by atoms with van der Waals surface area (Å²) in [7, 11) is 0. The normalized spacial score (nSPS) is 24.9.